The second kappa shape index (κ2) is 26.1. The fourth-order valence-electron chi connectivity index (χ4n) is 5.52. The van der Waals surface area contributed by atoms with Gasteiger partial charge in [-0.25, -0.2) is 19.1 Å². The SMILES string of the molecule is CCCCCCCCCCCCCCCCCCNC(=O)OC[C@H]1C[C@@H](COC(=O)N(Cc2cccc[n+]2CC)C(C)=O)S1.[Cl-]. The van der Waals surface area contributed by atoms with Crippen LogP contribution in [-0.4, -0.2) is 53.3 Å². The van der Waals surface area contributed by atoms with E-state index in [0.29, 0.717) is 13.2 Å². The summed E-state index contributed by atoms with van der Waals surface area (Å²) < 4.78 is 12.8. The summed E-state index contributed by atoms with van der Waals surface area (Å²) in [5.41, 5.74) is 0.866. The molecule has 0 aliphatic carbocycles. The molecular formula is C35H60ClN3O5S. The Bertz CT molecular complexity index is 948. The standard InChI is InChI=1S/C35H59N3O5S.ClH/c1-4-6-7-8-9-10-11-12-13-14-15-16-17-18-19-21-24-36-34(40)42-28-32-26-33(44-32)29-43-35(41)38(30(3)39)27-31-23-20-22-25-37(31)5-2;/h20,22-23,25,32-33H,4-19,21,24,26-29H2,1-3H3;1H/t32-,33+;/m1./s1. The highest BCUT2D eigenvalue weighted by atomic mass is 35.5. The summed E-state index contributed by atoms with van der Waals surface area (Å²) in [6.07, 6.45) is 23.1. The molecule has 1 aliphatic heterocycles. The molecule has 0 saturated carbocycles. The van der Waals surface area contributed by atoms with Crippen LogP contribution in [0.4, 0.5) is 9.59 Å². The number of aryl methyl sites for hydroxylation is 1. The van der Waals surface area contributed by atoms with Crippen molar-refractivity contribution in [3.05, 3.63) is 30.1 Å². The molecule has 2 atom stereocenters. The quantitative estimate of drug-likeness (QED) is 0.118. The third-order valence-electron chi connectivity index (χ3n) is 8.30. The van der Waals surface area contributed by atoms with Crippen molar-refractivity contribution in [2.45, 2.75) is 154 Å². The summed E-state index contributed by atoms with van der Waals surface area (Å²) in [5, 5.41) is 3.21. The summed E-state index contributed by atoms with van der Waals surface area (Å²) in [5.74, 6) is -0.348. The van der Waals surface area contributed by atoms with E-state index >= 15 is 0 Å². The van der Waals surface area contributed by atoms with Crippen molar-refractivity contribution < 1.29 is 40.8 Å². The van der Waals surface area contributed by atoms with Crippen LogP contribution in [0.3, 0.4) is 0 Å². The zero-order valence-electron chi connectivity index (χ0n) is 28.2. The molecule has 10 heteroatoms. The number of carbonyl (C=O) groups excluding carboxylic acids is 3. The smallest absolute Gasteiger partial charge is 0.417 e. The monoisotopic (exact) mass is 669 g/mol. The van der Waals surface area contributed by atoms with Crippen LogP contribution in [0.2, 0.25) is 0 Å². The molecule has 1 N–H and O–H groups in total. The minimum atomic E-state index is -0.627. The van der Waals surface area contributed by atoms with Gasteiger partial charge in [0.05, 0.1) is 0 Å². The van der Waals surface area contributed by atoms with Crippen LogP contribution >= 0.6 is 11.8 Å². The zero-order valence-corrected chi connectivity index (χ0v) is 29.8. The minimum absolute atomic E-state index is 0. The van der Waals surface area contributed by atoms with Gasteiger partial charge in [-0.05, 0) is 19.8 Å². The van der Waals surface area contributed by atoms with Crippen molar-refractivity contribution in [3.8, 4) is 0 Å². The molecule has 258 valence electrons. The molecule has 1 aromatic rings. The second-order valence-corrected chi connectivity index (χ2v) is 13.7. The van der Waals surface area contributed by atoms with Gasteiger partial charge in [0, 0.05) is 36.1 Å². The lowest BCUT2D eigenvalue weighted by Crippen LogP contribution is -3.00. The Morgan fingerprint density at radius 2 is 1.33 bits per heavy atom. The molecule has 3 amide bonds. The van der Waals surface area contributed by atoms with Crippen LogP contribution in [0.25, 0.3) is 0 Å². The molecule has 0 radical (unpaired) electrons. The maximum atomic E-state index is 12.6. The van der Waals surface area contributed by atoms with E-state index in [4.69, 9.17) is 9.47 Å². The largest absolute Gasteiger partial charge is 1.00 e. The highest BCUT2D eigenvalue weighted by Crippen LogP contribution is 2.37. The maximum Gasteiger partial charge on any atom is 0.417 e. The average molecular weight is 670 g/mol. The Morgan fingerprint density at radius 1 is 0.822 bits per heavy atom. The van der Waals surface area contributed by atoms with Crippen molar-refractivity contribution in [2.24, 2.45) is 0 Å². The van der Waals surface area contributed by atoms with Crippen molar-refractivity contribution in [3.63, 3.8) is 0 Å². The van der Waals surface area contributed by atoms with Gasteiger partial charge in [0.2, 0.25) is 11.6 Å². The number of carbonyl (C=O) groups is 3. The first-order valence-electron chi connectivity index (χ1n) is 17.4. The van der Waals surface area contributed by atoms with E-state index in [9.17, 15) is 14.4 Å². The molecule has 1 aromatic heterocycles. The maximum absolute atomic E-state index is 12.6. The van der Waals surface area contributed by atoms with Gasteiger partial charge in [-0.1, -0.05) is 109 Å². The molecule has 8 nitrogen and oxygen atoms in total. The number of unbranched alkanes of at least 4 members (excludes halogenated alkanes) is 15. The third-order valence-corrected chi connectivity index (χ3v) is 9.73. The number of halogens is 1. The van der Waals surface area contributed by atoms with E-state index in [1.807, 2.05) is 35.9 Å². The molecular weight excluding hydrogens is 610 g/mol. The highest BCUT2D eigenvalue weighted by Gasteiger charge is 2.33. The van der Waals surface area contributed by atoms with Crippen molar-refractivity contribution in [1.29, 1.82) is 0 Å². The lowest BCUT2D eigenvalue weighted by Gasteiger charge is -2.34. The predicted molar refractivity (Wildman–Crippen MR) is 179 cm³/mol. The van der Waals surface area contributed by atoms with E-state index in [-0.39, 0.29) is 48.1 Å². The molecule has 2 rings (SSSR count). The summed E-state index contributed by atoms with van der Waals surface area (Å²) >= 11 is 1.65. The van der Waals surface area contributed by atoms with Crippen LogP contribution in [-0.2, 0) is 27.4 Å². The number of nitrogens with one attached hydrogen (secondary N) is 1. The highest BCUT2D eigenvalue weighted by molar-refractivity contribution is 8.01. The van der Waals surface area contributed by atoms with E-state index < -0.39 is 6.09 Å². The van der Waals surface area contributed by atoms with E-state index in [2.05, 4.69) is 12.2 Å². The summed E-state index contributed by atoms with van der Waals surface area (Å²) in [7, 11) is 0. The van der Waals surface area contributed by atoms with Crippen molar-refractivity contribution >= 4 is 29.9 Å². The molecule has 0 spiro atoms. The van der Waals surface area contributed by atoms with Gasteiger partial charge in [0.25, 0.3) is 0 Å². The van der Waals surface area contributed by atoms with Gasteiger partial charge in [-0.3, -0.25) is 4.79 Å². The van der Waals surface area contributed by atoms with Gasteiger partial charge in [0.15, 0.2) is 6.20 Å². The van der Waals surface area contributed by atoms with E-state index in [1.165, 1.54) is 96.8 Å². The Balaban J connectivity index is 0.0000101. The fourth-order valence-corrected chi connectivity index (χ4v) is 6.69. The molecule has 45 heavy (non-hydrogen) atoms. The number of alkyl carbamates (subject to hydrolysis) is 1. The molecule has 1 aliphatic rings. The number of pyridine rings is 1. The van der Waals surface area contributed by atoms with E-state index in [0.717, 1.165) is 36.4 Å². The Morgan fingerprint density at radius 3 is 1.84 bits per heavy atom. The van der Waals surface area contributed by atoms with Crippen LogP contribution in [0, 0.1) is 0 Å². The average Bonchev–Trinajstić information content (AvgIpc) is 3.00. The first-order chi connectivity index (χ1) is 21.4. The van der Waals surface area contributed by atoms with Crippen LogP contribution in [0.1, 0.15) is 136 Å². The number of ether oxygens (including phenoxy) is 2. The molecule has 1 saturated heterocycles. The number of nitrogens with zero attached hydrogens (tertiary/aromatic N) is 2. The van der Waals surface area contributed by atoms with E-state index in [1.54, 1.807) is 11.8 Å². The predicted octanol–water partition coefficient (Wildman–Crippen LogP) is 5.34. The van der Waals surface area contributed by atoms with Crippen LogP contribution in [0.15, 0.2) is 24.4 Å². The number of hydrogen-bond donors (Lipinski definition) is 1. The Kier molecular flexibility index (Phi) is 23.8. The normalized spacial score (nSPS) is 15.4. The Hall–Kier alpha value is -2.00. The number of amides is 3. The number of aromatic nitrogens is 1. The van der Waals surface area contributed by atoms with Gasteiger partial charge >= 0.3 is 12.2 Å². The number of thioether (sulfide) groups is 1. The molecule has 0 bridgehead atoms. The Labute approximate surface area is 283 Å². The van der Waals surface area contributed by atoms with Gasteiger partial charge < -0.3 is 27.2 Å². The summed E-state index contributed by atoms with van der Waals surface area (Å²) in [4.78, 5) is 37.9. The first kappa shape index (κ1) is 41.0. The lowest BCUT2D eigenvalue weighted by atomic mass is 10.0. The van der Waals surface area contributed by atoms with Crippen LogP contribution < -0.4 is 22.3 Å². The fraction of sp³-hybridized carbons (Fsp3) is 0.771. The van der Waals surface area contributed by atoms with Gasteiger partial charge in [-0.15, -0.1) is 11.8 Å². The first-order valence-corrected chi connectivity index (χ1v) is 18.4. The molecule has 0 unspecified atom stereocenters. The van der Waals surface area contributed by atoms with Gasteiger partial charge in [0.1, 0.15) is 26.3 Å². The molecule has 0 aromatic carbocycles. The lowest BCUT2D eigenvalue weighted by molar-refractivity contribution is -0.701. The minimum Gasteiger partial charge on any atom is -1.00 e. The summed E-state index contributed by atoms with van der Waals surface area (Å²) in [6.45, 7) is 7.82. The van der Waals surface area contributed by atoms with Crippen LogP contribution in [0.5, 0.6) is 0 Å². The van der Waals surface area contributed by atoms with Gasteiger partial charge in [-0.2, -0.15) is 0 Å². The molecule has 1 fully saturated rings. The third kappa shape index (κ3) is 18.7. The van der Waals surface area contributed by atoms with Crippen molar-refractivity contribution in [2.75, 3.05) is 19.8 Å². The van der Waals surface area contributed by atoms with Crippen molar-refractivity contribution in [1.82, 2.24) is 10.2 Å². The topological polar surface area (TPSA) is 88.8 Å². The number of hydrogen-bond acceptors (Lipinski definition) is 6. The number of imide groups is 1. The zero-order chi connectivity index (χ0) is 31.8. The molecule has 2 heterocycles. The second-order valence-electron chi connectivity index (χ2n) is 12.1. The summed E-state index contributed by atoms with van der Waals surface area (Å²) in [6, 6.07) is 5.71. The number of rotatable bonds is 24.